The number of aliphatic hydroxyl groups is 1. The Morgan fingerprint density at radius 1 is 1.35 bits per heavy atom. The fraction of sp³-hybridized carbons (Fsp3) is 0.400. The minimum atomic E-state index is -0.608. The number of rotatable bonds is 3. The SMILES string of the molecule is Cc1cc(N2CCCC(C(O)c3nccn3C)C2)c2cccc(F)c2n1. The number of benzene rings is 1. The lowest BCUT2D eigenvalue weighted by atomic mass is 9.91. The van der Waals surface area contributed by atoms with Crippen LogP contribution < -0.4 is 4.90 Å². The highest BCUT2D eigenvalue weighted by molar-refractivity contribution is 5.92. The third-order valence-electron chi connectivity index (χ3n) is 5.26. The highest BCUT2D eigenvalue weighted by Crippen LogP contribution is 2.34. The molecule has 0 amide bonds. The Bertz CT molecular complexity index is 939. The molecule has 0 saturated carbocycles. The molecule has 4 rings (SSSR count). The summed E-state index contributed by atoms with van der Waals surface area (Å²) in [7, 11) is 1.90. The van der Waals surface area contributed by atoms with Gasteiger partial charge >= 0.3 is 0 Å². The average Bonchev–Trinajstić information content (AvgIpc) is 3.07. The number of hydrogen-bond donors (Lipinski definition) is 1. The fourth-order valence-corrected chi connectivity index (χ4v) is 3.94. The molecular weight excluding hydrogens is 331 g/mol. The smallest absolute Gasteiger partial charge is 0.149 e. The van der Waals surface area contributed by atoms with Gasteiger partial charge in [0.05, 0.1) is 0 Å². The maximum absolute atomic E-state index is 14.2. The molecule has 136 valence electrons. The van der Waals surface area contributed by atoms with Gasteiger partial charge in [0, 0.05) is 55.2 Å². The lowest BCUT2D eigenvalue weighted by molar-refractivity contribution is 0.0875. The molecule has 1 N–H and O–H groups in total. The Hall–Kier alpha value is -2.47. The normalized spacial score (nSPS) is 19.1. The number of imidazole rings is 1. The van der Waals surface area contributed by atoms with Gasteiger partial charge in [-0.05, 0) is 31.9 Å². The molecule has 1 aromatic carbocycles. The van der Waals surface area contributed by atoms with Gasteiger partial charge in [-0.1, -0.05) is 12.1 Å². The maximum Gasteiger partial charge on any atom is 0.149 e. The van der Waals surface area contributed by atoms with Gasteiger partial charge in [0.15, 0.2) is 0 Å². The van der Waals surface area contributed by atoms with Gasteiger partial charge in [-0.2, -0.15) is 0 Å². The molecule has 1 aliphatic heterocycles. The van der Waals surface area contributed by atoms with E-state index < -0.39 is 6.10 Å². The second kappa shape index (κ2) is 6.68. The Labute approximate surface area is 152 Å². The first-order chi connectivity index (χ1) is 12.5. The number of anilines is 1. The second-order valence-electron chi connectivity index (χ2n) is 7.11. The molecule has 1 saturated heterocycles. The molecule has 26 heavy (non-hydrogen) atoms. The van der Waals surface area contributed by atoms with Gasteiger partial charge in [0.25, 0.3) is 0 Å². The number of piperidine rings is 1. The topological polar surface area (TPSA) is 54.2 Å². The predicted octanol–water partition coefficient (Wildman–Crippen LogP) is 3.37. The third-order valence-corrected chi connectivity index (χ3v) is 5.26. The highest BCUT2D eigenvalue weighted by Gasteiger charge is 2.30. The second-order valence-corrected chi connectivity index (χ2v) is 7.11. The van der Waals surface area contributed by atoms with E-state index in [4.69, 9.17) is 0 Å². The van der Waals surface area contributed by atoms with Crippen LogP contribution in [0.5, 0.6) is 0 Å². The van der Waals surface area contributed by atoms with Gasteiger partial charge in [-0.25, -0.2) is 14.4 Å². The average molecular weight is 354 g/mol. The summed E-state index contributed by atoms with van der Waals surface area (Å²) in [5, 5.41) is 11.6. The van der Waals surface area contributed by atoms with Crippen LogP contribution in [0.2, 0.25) is 0 Å². The lowest BCUT2D eigenvalue weighted by Gasteiger charge is -2.37. The van der Waals surface area contributed by atoms with Crippen LogP contribution in [0.4, 0.5) is 10.1 Å². The molecule has 1 fully saturated rings. The van der Waals surface area contributed by atoms with Gasteiger partial charge < -0.3 is 14.6 Å². The van der Waals surface area contributed by atoms with Crippen molar-refractivity contribution in [2.24, 2.45) is 13.0 Å². The van der Waals surface area contributed by atoms with Gasteiger partial charge in [0.2, 0.25) is 0 Å². The summed E-state index contributed by atoms with van der Waals surface area (Å²) < 4.78 is 16.1. The van der Waals surface area contributed by atoms with Crippen molar-refractivity contribution < 1.29 is 9.50 Å². The van der Waals surface area contributed by atoms with E-state index in [1.807, 2.05) is 36.9 Å². The number of para-hydroxylation sites is 1. The summed E-state index contributed by atoms with van der Waals surface area (Å²) in [6, 6.07) is 7.10. The molecule has 2 unspecified atom stereocenters. The molecule has 0 aliphatic carbocycles. The summed E-state index contributed by atoms with van der Waals surface area (Å²) in [5.41, 5.74) is 2.20. The molecular formula is C20H23FN4O. The number of nitrogens with zero attached hydrogens (tertiary/aromatic N) is 4. The Morgan fingerprint density at radius 3 is 2.96 bits per heavy atom. The van der Waals surface area contributed by atoms with E-state index in [9.17, 15) is 9.50 Å². The summed E-state index contributed by atoms with van der Waals surface area (Å²) >= 11 is 0. The zero-order chi connectivity index (χ0) is 18.3. The maximum atomic E-state index is 14.2. The van der Waals surface area contributed by atoms with E-state index in [2.05, 4.69) is 14.9 Å². The fourth-order valence-electron chi connectivity index (χ4n) is 3.94. The zero-order valence-electron chi connectivity index (χ0n) is 15.1. The van der Waals surface area contributed by atoms with Crippen LogP contribution in [0.1, 0.15) is 30.5 Å². The molecule has 0 bridgehead atoms. The minimum Gasteiger partial charge on any atom is -0.385 e. The number of pyridine rings is 1. The molecule has 3 aromatic rings. The summed E-state index contributed by atoms with van der Waals surface area (Å²) in [4.78, 5) is 10.9. The number of aryl methyl sites for hydroxylation is 2. The number of halogens is 1. The van der Waals surface area contributed by atoms with Crippen molar-refractivity contribution >= 4 is 16.6 Å². The van der Waals surface area contributed by atoms with Crippen LogP contribution in [0.25, 0.3) is 10.9 Å². The number of aromatic nitrogens is 3. The minimum absolute atomic E-state index is 0.0851. The van der Waals surface area contributed by atoms with Crippen molar-refractivity contribution in [3.63, 3.8) is 0 Å². The predicted molar refractivity (Wildman–Crippen MR) is 99.5 cm³/mol. The van der Waals surface area contributed by atoms with Crippen LogP contribution in [0, 0.1) is 18.7 Å². The lowest BCUT2D eigenvalue weighted by Crippen LogP contribution is -2.38. The van der Waals surface area contributed by atoms with Crippen molar-refractivity contribution in [2.45, 2.75) is 25.9 Å². The molecule has 0 spiro atoms. The quantitative estimate of drug-likeness (QED) is 0.784. The van der Waals surface area contributed by atoms with E-state index in [0.717, 1.165) is 36.2 Å². The van der Waals surface area contributed by atoms with Gasteiger partial charge in [-0.15, -0.1) is 0 Å². The number of fused-ring (bicyclic) bond motifs is 1. The molecule has 5 nitrogen and oxygen atoms in total. The van der Waals surface area contributed by atoms with Crippen molar-refractivity contribution in [1.29, 1.82) is 0 Å². The highest BCUT2D eigenvalue weighted by atomic mass is 19.1. The Kier molecular flexibility index (Phi) is 4.36. The monoisotopic (exact) mass is 354 g/mol. The van der Waals surface area contributed by atoms with Gasteiger partial charge in [-0.3, -0.25) is 0 Å². The summed E-state index contributed by atoms with van der Waals surface area (Å²) in [6.45, 7) is 3.49. The third kappa shape index (κ3) is 2.94. The van der Waals surface area contributed by atoms with Crippen molar-refractivity contribution in [2.75, 3.05) is 18.0 Å². The summed E-state index contributed by atoms with van der Waals surface area (Å²) in [6.07, 6.45) is 4.87. The first-order valence-electron chi connectivity index (χ1n) is 9.00. The molecule has 0 radical (unpaired) electrons. The number of hydrogen-bond acceptors (Lipinski definition) is 4. The van der Waals surface area contributed by atoms with Crippen molar-refractivity contribution in [1.82, 2.24) is 14.5 Å². The van der Waals surface area contributed by atoms with E-state index >= 15 is 0 Å². The first kappa shape index (κ1) is 17.0. The van der Waals surface area contributed by atoms with E-state index in [1.165, 1.54) is 6.07 Å². The van der Waals surface area contributed by atoms with Crippen LogP contribution in [-0.4, -0.2) is 32.7 Å². The van der Waals surface area contributed by atoms with Crippen molar-refractivity contribution in [3.05, 3.63) is 54.0 Å². The van der Waals surface area contributed by atoms with Gasteiger partial charge in [0.1, 0.15) is 23.3 Å². The standard InChI is InChI=1S/C20H23FN4O/c1-13-11-17(15-6-3-7-16(21)18(15)23-13)25-9-4-5-14(12-25)19(26)20-22-8-10-24(20)2/h3,6-8,10-11,14,19,26H,4-5,9,12H2,1-2H3. The first-order valence-corrected chi connectivity index (χ1v) is 9.00. The van der Waals surface area contributed by atoms with Crippen molar-refractivity contribution in [3.8, 4) is 0 Å². The van der Waals surface area contributed by atoms with E-state index in [0.29, 0.717) is 17.9 Å². The zero-order valence-corrected chi connectivity index (χ0v) is 15.1. The van der Waals surface area contributed by atoms with Crippen LogP contribution in [0.15, 0.2) is 36.7 Å². The van der Waals surface area contributed by atoms with E-state index in [1.54, 1.807) is 12.3 Å². The molecule has 1 aliphatic rings. The molecule has 2 aromatic heterocycles. The summed E-state index contributed by atoms with van der Waals surface area (Å²) in [5.74, 6) is 0.481. The molecule has 3 heterocycles. The Morgan fingerprint density at radius 2 is 2.19 bits per heavy atom. The molecule has 6 heteroatoms. The molecule has 2 atom stereocenters. The van der Waals surface area contributed by atoms with Crippen LogP contribution in [0.3, 0.4) is 0 Å². The Balaban J connectivity index is 1.67. The largest absolute Gasteiger partial charge is 0.385 e. The number of aliphatic hydroxyl groups excluding tert-OH is 1. The van der Waals surface area contributed by atoms with Crippen LogP contribution in [-0.2, 0) is 7.05 Å². The van der Waals surface area contributed by atoms with E-state index in [-0.39, 0.29) is 11.7 Å². The van der Waals surface area contributed by atoms with Crippen LogP contribution >= 0.6 is 0 Å².